The summed E-state index contributed by atoms with van der Waals surface area (Å²) in [6.07, 6.45) is -3.62. The van der Waals surface area contributed by atoms with E-state index >= 15 is 0 Å². The fraction of sp³-hybridized carbons (Fsp3) is 0.667. The molecule has 0 atom stereocenters. The van der Waals surface area contributed by atoms with Gasteiger partial charge in [-0.05, 0) is 38.2 Å². The number of thiophene rings is 1. The van der Waals surface area contributed by atoms with Gasteiger partial charge in [0.2, 0.25) is 0 Å². The summed E-state index contributed by atoms with van der Waals surface area (Å²) < 4.78 is 123. The topological polar surface area (TPSA) is 55.4 Å². The van der Waals surface area contributed by atoms with Gasteiger partial charge in [-0.2, -0.15) is 39.5 Å². The Bertz CT molecular complexity index is 865. The van der Waals surface area contributed by atoms with Crippen LogP contribution in [0, 0.1) is 0 Å². The lowest BCUT2D eigenvalue weighted by atomic mass is 9.96. The van der Waals surface area contributed by atoms with E-state index in [1.54, 1.807) is 0 Å². The summed E-state index contributed by atoms with van der Waals surface area (Å²) in [6, 6.07) is 0. The van der Waals surface area contributed by atoms with Crippen LogP contribution in [0.25, 0.3) is 0 Å². The minimum absolute atomic E-state index is 0.164. The molecule has 0 aromatic carbocycles. The third-order valence-corrected chi connectivity index (χ3v) is 6.02. The summed E-state index contributed by atoms with van der Waals surface area (Å²) in [5.41, 5.74) is -0.0667. The van der Waals surface area contributed by atoms with Crippen LogP contribution in [0.3, 0.4) is 0 Å². The van der Waals surface area contributed by atoms with Gasteiger partial charge in [-0.25, -0.2) is 4.79 Å². The molecule has 0 fully saturated rings. The number of fused-ring (bicyclic) bond motifs is 1. The molecule has 1 N–H and O–H groups in total. The number of hydrogen-bond donors (Lipinski definition) is 1. The average molecular weight is 499 g/mol. The Morgan fingerprint density at radius 3 is 2.00 bits per heavy atom. The van der Waals surface area contributed by atoms with E-state index < -0.39 is 46.4 Å². The van der Waals surface area contributed by atoms with Gasteiger partial charge in [-0.3, -0.25) is 4.79 Å². The zero-order valence-electron chi connectivity index (χ0n) is 16.5. The monoisotopic (exact) mass is 499 g/mol. The van der Waals surface area contributed by atoms with Crippen LogP contribution >= 0.6 is 11.3 Å². The highest BCUT2D eigenvalue weighted by atomic mass is 32.1. The molecule has 4 nitrogen and oxygen atoms in total. The van der Waals surface area contributed by atoms with Crippen LogP contribution in [0.2, 0.25) is 0 Å². The molecule has 1 aliphatic carbocycles. The SMILES string of the molecule is CCOC(=O)c1c(NC(=O)C(F)(F)C(F)(F)C(F)(F)C(F)(F)F)sc2c1CCCCCC2. The molecular weight excluding hydrogens is 481 g/mol. The van der Waals surface area contributed by atoms with E-state index in [9.17, 15) is 49.1 Å². The highest BCUT2D eigenvalue weighted by Gasteiger charge is 2.83. The summed E-state index contributed by atoms with van der Waals surface area (Å²) in [7, 11) is 0. The maximum absolute atomic E-state index is 13.9. The molecule has 182 valence electrons. The van der Waals surface area contributed by atoms with Crippen molar-refractivity contribution < 1.29 is 53.8 Å². The second kappa shape index (κ2) is 9.10. The second-order valence-corrected chi connectivity index (χ2v) is 8.12. The number of nitrogens with one attached hydrogen (secondary N) is 1. The first-order chi connectivity index (χ1) is 14.6. The van der Waals surface area contributed by atoms with Crippen molar-refractivity contribution in [3.63, 3.8) is 0 Å². The van der Waals surface area contributed by atoms with Crippen LogP contribution in [0.5, 0.6) is 0 Å². The summed E-state index contributed by atoms with van der Waals surface area (Å²) in [5, 5.41) is 0.591. The minimum atomic E-state index is -7.20. The second-order valence-electron chi connectivity index (χ2n) is 7.02. The van der Waals surface area contributed by atoms with Crippen molar-refractivity contribution in [1.82, 2.24) is 0 Å². The molecule has 1 heterocycles. The Balaban J connectivity index is 2.47. The normalized spacial score (nSPS) is 16.1. The summed E-state index contributed by atoms with van der Waals surface area (Å²) in [4.78, 5) is 24.7. The molecule has 0 unspecified atom stereocenters. The number of carbonyl (C=O) groups is 2. The number of amides is 1. The first-order valence-electron chi connectivity index (χ1n) is 9.42. The molecule has 1 aromatic rings. The van der Waals surface area contributed by atoms with Crippen molar-refractivity contribution in [2.24, 2.45) is 0 Å². The van der Waals surface area contributed by atoms with Crippen LogP contribution < -0.4 is 5.32 Å². The number of rotatable bonds is 6. The highest BCUT2D eigenvalue weighted by molar-refractivity contribution is 7.17. The van der Waals surface area contributed by atoms with E-state index in [1.165, 1.54) is 12.2 Å². The number of hydrogen-bond acceptors (Lipinski definition) is 4. The van der Waals surface area contributed by atoms with Crippen LogP contribution in [0.1, 0.15) is 53.4 Å². The third-order valence-electron chi connectivity index (χ3n) is 4.81. The molecule has 0 bridgehead atoms. The van der Waals surface area contributed by atoms with E-state index in [2.05, 4.69) is 0 Å². The molecule has 0 saturated carbocycles. The lowest BCUT2D eigenvalue weighted by Crippen LogP contribution is -2.64. The average Bonchev–Trinajstić information content (AvgIpc) is 2.96. The van der Waals surface area contributed by atoms with E-state index in [0.29, 0.717) is 41.0 Å². The van der Waals surface area contributed by atoms with E-state index in [4.69, 9.17) is 4.74 Å². The fourth-order valence-corrected chi connectivity index (χ4v) is 4.40. The van der Waals surface area contributed by atoms with Gasteiger partial charge in [0, 0.05) is 4.88 Å². The lowest BCUT2D eigenvalue weighted by Gasteiger charge is -2.32. The first-order valence-corrected chi connectivity index (χ1v) is 10.2. The Hall–Kier alpha value is -1.99. The Labute approximate surface area is 180 Å². The molecule has 0 aliphatic heterocycles. The zero-order chi connectivity index (χ0) is 24.5. The molecule has 32 heavy (non-hydrogen) atoms. The van der Waals surface area contributed by atoms with Crippen LogP contribution in [0.4, 0.5) is 44.5 Å². The fourth-order valence-electron chi connectivity index (χ4n) is 3.13. The Morgan fingerprint density at radius 1 is 0.906 bits per heavy atom. The van der Waals surface area contributed by atoms with Crippen LogP contribution in [-0.2, 0) is 22.4 Å². The number of alkyl halides is 9. The van der Waals surface area contributed by atoms with Crippen molar-refractivity contribution >= 4 is 28.2 Å². The number of carbonyl (C=O) groups excluding carboxylic acids is 2. The maximum Gasteiger partial charge on any atom is 0.460 e. The molecule has 14 heteroatoms. The predicted molar refractivity (Wildman–Crippen MR) is 95.7 cm³/mol. The number of ether oxygens (including phenoxy) is 1. The molecular formula is C18H18F9NO3S. The number of anilines is 1. The van der Waals surface area contributed by atoms with Gasteiger partial charge in [0.1, 0.15) is 5.00 Å². The Morgan fingerprint density at radius 2 is 1.47 bits per heavy atom. The van der Waals surface area contributed by atoms with Gasteiger partial charge in [0.05, 0.1) is 12.2 Å². The van der Waals surface area contributed by atoms with Crippen LogP contribution in [-0.4, -0.2) is 42.4 Å². The summed E-state index contributed by atoms with van der Waals surface area (Å²) >= 11 is 0.586. The number of esters is 1. The van der Waals surface area contributed by atoms with Crippen molar-refractivity contribution in [2.75, 3.05) is 11.9 Å². The molecule has 2 rings (SSSR count). The third kappa shape index (κ3) is 4.55. The van der Waals surface area contributed by atoms with Gasteiger partial charge in [-0.1, -0.05) is 12.8 Å². The summed E-state index contributed by atoms with van der Waals surface area (Å²) in [6.45, 7) is 1.25. The molecule has 0 spiro atoms. The first kappa shape index (κ1) is 26.3. The van der Waals surface area contributed by atoms with Gasteiger partial charge in [0.25, 0.3) is 0 Å². The van der Waals surface area contributed by atoms with Crippen molar-refractivity contribution in [1.29, 1.82) is 0 Å². The maximum atomic E-state index is 13.9. The van der Waals surface area contributed by atoms with Crippen molar-refractivity contribution in [3.05, 3.63) is 16.0 Å². The molecule has 1 amide bonds. The standard InChI is InChI=1S/C18H18F9NO3S/c1-2-31-13(29)11-9-7-5-3-4-6-8-10(9)32-12(11)28-14(30)15(19,20)16(21,22)17(23,24)18(25,26)27/h2-8H2,1H3,(H,28,30). The lowest BCUT2D eigenvalue weighted by molar-refractivity contribution is -0.388. The van der Waals surface area contributed by atoms with Gasteiger partial charge in [0.15, 0.2) is 0 Å². The van der Waals surface area contributed by atoms with E-state index in [0.717, 1.165) is 12.8 Å². The molecule has 0 radical (unpaired) electrons. The largest absolute Gasteiger partial charge is 0.462 e. The Kier molecular flexibility index (Phi) is 7.47. The van der Waals surface area contributed by atoms with Gasteiger partial charge in [-0.15, -0.1) is 11.3 Å². The molecule has 1 aliphatic rings. The smallest absolute Gasteiger partial charge is 0.460 e. The van der Waals surface area contributed by atoms with Gasteiger partial charge < -0.3 is 10.1 Å². The van der Waals surface area contributed by atoms with Crippen molar-refractivity contribution in [3.8, 4) is 0 Å². The zero-order valence-corrected chi connectivity index (χ0v) is 17.3. The quantitative estimate of drug-likeness (QED) is 0.387. The minimum Gasteiger partial charge on any atom is -0.462 e. The molecule has 1 aromatic heterocycles. The van der Waals surface area contributed by atoms with Crippen LogP contribution in [0.15, 0.2) is 0 Å². The highest BCUT2D eigenvalue weighted by Crippen LogP contribution is 2.53. The van der Waals surface area contributed by atoms with E-state index in [-0.39, 0.29) is 13.0 Å². The molecule has 0 saturated heterocycles. The number of aryl methyl sites for hydroxylation is 1. The predicted octanol–water partition coefficient (Wildman–Crippen LogP) is 5.99. The van der Waals surface area contributed by atoms with Crippen molar-refractivity contribution in [2.45, 2.75) is 69.4 Å². The summed E-state index contributed by atoms with van der Waals surface area (Å²) in [5.74, 6) is -24.9. The van der Waals surface area contributed by atoms with E-state index in [1.807, 2.05) is 0 Å². The number of halogens is 9. The van der Waals surface area contributed by atoms with Gasteiger partial charge >= 0.3 is 35.8 Å².